The van der Waals surface area contributed by atoms with Crippen LogP contribution < -0.4 is 10.6 Å². The normalized spacial score (nSPS) is 26.9. The quantitative estimate of drug-likeness (QED) is 0.846. The molecule has 0 saturated heterocycles. The number of hydrogen-bond donors (Lipinski definition) is 2. The third-order valence-electron chi connectivity index (χ3n) is 4.08. The van der Waals surface area contributed by atoms with E-state index >= 15 is 0 Å². The highest BCUT2D eigenvalue weighted by Crippen LogP contribution is 2.30. The Hall–Kier alpha value is -1.51. The van der Waals surface area contributed by atoms with Gasteiger partial charge in [0.25, 0.3) is 0 Å². The summed E-state index contributed by atoms with van der Waals surface area (Å²) in [7, 11) is 0. The molecule has 1 aliphatic rings. The highest BCUT2D eigenvalue weighted by molar-refractivity contribution is 5.74. The van der Waals surface area contributed by atoms with Crippen molar-refractivity contribution in [3.8, 4) is 0 Å². The third-order valence-corrected chi connectivity index (χ3v) is 4.08. The van der Waals surface area contributed by atoms with Crippen LogP contribution >= 0.6 is 0 Å². The SMILES string of the molecule is CC1CCC(NC(=O)NCc2ccccc2)C1C. The zero-order valence-electron chi connectivity index (χ0n) is 11.1. The molecule has 0 aromatic heterocycles. The summed E-state index contributed by atoms with van der Waals surface area (Å²) < 4.78 is 0. The summed E-state index contributed by atoms with van der Waals surface area (Å²) in [6.07, 6.45) is 2.31. The molecule has 2 N–H and O–H groups in total. The van der Waals surface area contributed by atoms with Gasteiger partial charge in [0, 0.05) is 12.6 Å². The molecule has 2 amide bonds. The summed E-state index contributed by atoms with van der Waals surface area (Å²) in [5.74, 6) is 1.29. The first-order valence-corrected chi connectivity index (χ1v) is 6.75. The summed E-state index contributed by atoms with van der Waals surface area (Å²) in [4.78, 5) is 11.8. The van der Waals surface area contributed by atoms with Crippen molar-refractivity contribution in [3.63, 3.8) is 0 Å². The van der Waals surface area contributed by atoms with E-state index in [1.165, 1.54) is 6.42 Å². The van der Waals surface area contributed by atoms with Crippen molar-refractivity contribution in [2.24, 2.45) is 11.8 Å². The Morgan fingerprint density at radius 2 is 1.94 bits per heavy atom. The molecule has 0 radical (unpaired) electrons. The Balaban J connectivity index is 1.76. The summed E-state index contributed by atoms with van der Waals surface area (Å²) in [6, 6.07) is 10.2. The minimum absolute atomic E-state index is 0.0511. The second-order valence-electron chi connectivity index (χ2n) is 5.33. The minimum atomic E-state index is -0.0511. The van der Waals surface area contributed by atoms with Crippen LogP contribution in [-0.2, 0) is 6.54 Å². The van der Waals surface area contributed by atoms with E-state index < -0.39 is 0 Å². The molecule has 3 atom stereocenters. The van der Waals surface area contributed by atoms with Gasteiger partial charge in [0.05, 0.1) is 0 Å². The lowest BCUT2D eigenvalue weighted by Crippen LogP contribution is -2.43. The first-order chi connectivity index (χ1) is 8.66. The van der Waals surface area contributed by atoms with E-state index in [2.05, 4.69) is 24.5 Å². The van der Waals surface area contributed by atoms with Gasteiger partial charge < -0.3 is 10.6 Å². The van der Waals surface area contributed by atoms with Gasteiger partial charge in [-0.25, -0.2) is 4.79 Å². The van der Waals surface area contributed by atoms with E-state index in [0.29, 0.717) is 24.4 Å². The van der Waals surface area contributed by atoms with Crippen molar-refractivity contribution in [3.05, 3.63) is 35.9 Å². The number of carbonyl (C=O) groups excluding carboxylic acids is 1. The maximum absolute atomic E-state index is 11.8. The van der Waals surface area contributed by atoms with Gasteiger partial charge in [0.15, 0.2) is 0 Å². The fourth-order valence-corrected chi connectivity index (χ4v) is 2.57. The van der Waals surface area contributed by atoms with E-state index in [4.69, 9.17) is 0 Å². The highest BCUT2D eigenvalue weighted by atomic mass is 16.2. The Bertz CT molecular complexity index is 391. The van der Waals surface area contributed by atoms with Gasteiger partial charge in [0.2, 0.25) is 0 Å². The van der Waals surface area contributed by atoms with Crippen molar-refractivity contribution in [1.29, 1.82) is 0 Å². The average Bonchev–Trinajstić information content (AvgIpc) is 2.70. The third kappa shape index (κ3) is 3.25. The fraction of sp³-hybridized carbons (Fsp3) is 0.533. The Morgan fingerprint density at radius 1 is 1.22 bits per heavy atom. The van der Waals surface area contributed by atoms with Crippen LogP contribution in [0, 0.1) is 11.8 Å². The van der Waals surface area contributed by atoms with E-state index in [-0.39, 0.29) is 6.03 Å². The molecular weight excluding hydrogens is 224 g/mol. The van der Waals surface area contributed by atoms with E-state index in [1.807, 2.05) is 30.3 Å². The number of nitrogens with one attached hydrogen (secondary N) is 2. The van der Waals surface area contributed by atoms with Gasteiger partial charge >= 0.3 is 6.03 Å². The summed E-state index contributed by atoms with van der Waals surface area (Å²) in [6.45, 7) is 5.07. The standard InChI is InChI=1S/C15H22N2O/c1-11-8-9-14(12(11)2)17-15(18)16-10-13-6-4-3-5-7-13/h3-7,11-12,14H,8-10H2,1-2H3,(H2,16,17,18). The van der Waals surface area contributed by atoms with Gasteiger partial charge in [-0.2, -0.15) is 0 Å². The van der Waals surface area contributed by atoms with Crippen molar-refractivity contribution in [2.45, 2.75) is 39.3 Å². The summed E-state index contributed by atoms with van der Waals surface area (Å²) >= 11 is 0. The number of benzene rings is 1. The van der Waals surface area contributed by atoms with E-state index in [9.17, 15) is 4.79 Å². The van der Waals surface area contributed by atoms with E-state index in [1.54, 1.807) is 0 Å². The molecule has 3 unspecified atom stereocenters. The van der Waals surface area contributed by atoms with Crippen LogP contribution in [0.5, 0.6) is 0 Å². The lowest BCUT2D eigenvalue weighted by atomic mass is 9.98. The number of hydrogen-bond acceptors (Lipinski definition) is 1. The molecule has 1 aliphatic carbocycles. The molecular formula is C15H22N2O. The van der Waals surface area contributed by atoms with Gasteiger partial charge in [-0.3, -0.25) is 0 Å². The first kappa shape index (κ1) is 12.9. The van der Waals surface area contributed by atoms with Crippen LogP contribution in [0.15, 0.2) is 30.3 Å². The van der Waals surface area contributed by atoms with Crippen molar-refractivity contribution in [1.82, 2.24) is 10.6 Å². The summed E-state index contributed by atoms with van der Waals surface area (Å²) in [5.41, 5.74) is 1.13. The number of carbonyl (C=O) groups is 1. The maximum atomic E-state index is 11.8. The van der Waals surface area contributed by atoms with Crippen LogP contribution in [0.2, 0.25) is 0 Å². The second-order valence-corrected chi connectivity index (χ2v) is 5.33. The Kier molecular flexibility index (Phi) is 4.24. The lowest BCUT2D eigenvalue weighted by Gasteiger charge is -2.19. The molecule has 0 spiro atoms. The lowest BCUT2D eigenvalue weighted by molar-refractivity contribution is 0.232. The van der Waals surface area contributed by atoms with Crippen LogP contribution in [-0.4, -0.2) is 12.1 Å². The zero-order chi connectivity index (χ0) is 13.0. The molecule has 0 heterocycles. The number of amides is 2. The molecule has 1 fully saturated rings. The average molecular weight is 246 g/mol. The predicted octanol–water partition coefficient (Wildman–Crippen LogP) is 2.92. The monoisotopic (exact) mass is 246 g/mol. The molecule has 0 aliphatic heterocycles. The van der Waals surface area contributed by atoms with E-state index in [0.717, 1.165) is 12.0 Å². The van der Waals surface area contributed by atoms with Crippen LogP contribution in [0.1, 0.15) is 32.3 Å². The maximum Gasteiger partial charge on any atom is 0.315 e. The molecule has 1 aromatic carbocycles. The fourth-order valence-electron chi connectivity index (χ4n) is 2.57. The topological polar surface area (TPSA) is 41.1 Å². The molecule has 98 valence electrons. The zero-order valence-corrected chi connectivity index (χ0v) is 11.1. The Morgan fingerprint density at radius 3 is 2.56 bits per heavy atom. The van der Waals surface area contributed by atoms with Crippen LogP contribution in [0.3, 0.4) is 0 Å². The Labute approximate surface area is 109 Å². The first-order valence-electron chi connectivity index (χ1n) is 6.75. The van der Waals surface area contributed by atoms with Crippen molar-refractivity contribution < 1.29 is 4.79 Å². The van der Waals surface area contributed by atoms with Crippen molar-refractivity contribution in [2.75, 3.05) is 0 Å². The predicted molar refractivity (Wildman–Crippen MR) is 73.2 cm³/mol. The molecule has 0 bridgehead atoms. The molecule has 1 aromatic rings. The molecule has 3 nitrogen and oxygen atoms in total. The highest BCUT2D eigenvalue weighted by Gasteiger charge is 2.30. The molecule has 1 saturated carbocycles. The van der Waals surface area contributed by atoms with Crippen LogP contribution in [0.4, 0.5) is 4.79 Å². The second kappa shape index (κ2) is 5.89. The molecule has 2 rings (SSSR count). The molecule has 3 heteroatoms. The van der Waals surface area contributed by atoms with Gasteiger partial charge in [-0.05, 0) is 30.2 Å². The smallest absolute Gasteiger partial charge is 0.315 e. The van der Waals surface area contributed by atoms with Gasteiger partial charge in [-0.1, -0.05) is 44.2 Å². The number of urea groups is 1. The van der Waals surface area contributed by atoms with Gasteiger partial charge in [-0.15, -0.1) is 0 Å². The largest absolute Gasteiger partial charge is 0.335 e. The molecule has 18 heavy (non-hydrogen) atoms. The van der Waals surface area contributed by atoms with Crippen LogP contribution in [0.25, 0.3) is 0 Å². The number of rotatable bonds is 3. The summed E-state index contributed by atoms with van der Waals surface area (Å²) in [5, 5.41) is 5.99. The van der Waals surface area contributed by atoms with Gasteiger partial charge in [0.1, 0.15) is 0 Å². The van der Waals surface area contributed by atoms with Crippen molar-refractivity contribution >= 4 is 6.03 Å². The minimum Gasteiger partial charge on any atom is -0.335 e.